The normalized spacial score (nSPS) is 10.2. The molecule has 20 heavy (non-hydrogen) atoms. The lowest BCUT2D eigenvalue weighted by Crippen LogP contribution is -1.99. The first kappa shape index (κ1) is 14.6. The molecule has 0 fully saturated rings. The van der Waals surface area contributed by atoms with Gasteiger partial charge in [0.2, 0.25) is 5.90 Å². The van der Waals surface area contributed by atoms with Gasteiger partial charge in [0.25, 0.3) is 0 Å². The van der Waals surface area contributed by atoms with Gasteiger partial charge in [0.05, 0.1) is 24.7 Å². The minimum absolute atomic E-state index is 0. The largest absolute Gasteiger partial charge is 0.481 e. The van der Waals surface area contributed by atoms with Gasteiger partial charge in [-0.05, 0) is 24.3 Å². The minimum Gasteiger partial charge on any atom is -0.481 e. The van der Waals surface area contributed by atoms with Crippen LogP contribution in [0.3, 0.4) is 0 Å². The number of nitrogens with one attached hydrogen (secondary N) is 1. The zero-order valence-electron chi connectivity index (χ0n) is 10.9. The van der Waals surface area contributed by atoms with Gasteiger partial charge in [-0.2, -0.15) is 0 Å². The molecule has 3 rings (SSSR count). The number of pyridine rings is 1. The van der Waals surface area contributed by atoms with Crippen LogP contribution in [0.25, 0.3) is 11.0 Å². The Hall–Kier alpha value is -1.85. The van der Waals surface area contributed by atoms with Crippen LogP contribution in [0.2, 0.25) is 0 Å². The smallest absolute Gasteiger partial charge is 0.213 e. The molecule has 3 aromatic rings. The molecule has 3 aromatic heterocycles. The Morgan fingerprint density at radius 3 is 3.10 bits per heavy atom. The van der Waals surface area contributed by atoms with Crippen molar-refractivity contribution in [2.75, 3.05) is 7.11 Å². The number of ether oxygens (including phenoxy) is 1. The molecule has 0 aliphatic carbocycles. The van der Waals surface area contributed by atoms with Crippen molar-refractivity contribution in [1.82, 2.24) is 9.55 Å². The number of thiophene rings is 1. The van der Waals surface area contributed by atoms with Gasteiger partial charge in [-0.3, -0.25) is 10.4 Å². The number of fused-ring (bicyclic) bond motifs is 1. The minimum atomic E-state index is 0. The predicted octanol–water partition coefficient (Wildman–Crippen LogP) is 3.54. The number of hydrogen-bond donors (Lipinski definition) is 1. The Morgan fingerprint density at radius 1 is 1.45 bits per heavy atom. The summed E-state index contributed by atoms with van der Waals surface area (Å²) in [5.41, 5.74) is 2.96. The molecule has 0 unspecified atom stereocenters. The third kappa shape index (κ3) is 2.69. The Balaban J connectivity index is 0.00000147. The predicted molar refractivity (Wildman–Crippen MR) is 84.2 cm³/mol. The Bertz CT molecular complexity index is 735. The molecule has 104 valence electrons. The van der Waals surface area contributed by atoms with Crippen molar-refractivity contribution in [1.29, 1.82) is 5.41 Å². The van der Waals surface area contributed by atoms with E-state index >= 15 is 0 Å². The van der Waals surface area contributed by atoms with Gasteiger partial charge in [-0.25, -0.2) is 0 Å². The lowest BCUT2D eigenvalue weighted by Gasteiger charge is -2.02. The molecule has 1 N–H and O–H groups in total. The molecular weight excluding hydrogens is 294 g/mol. The van der Waals surface area contributed by atoms with Crippen LogP contribution in [-0.4, -0.2) is 22.6 Å². The molecule has 0 bridgehead atoms. The number of rotatable bonds is 3. The van der Waals surface area contributed by atoms with E-state index < -0.39 is 0 Å². The van der Waals surface area contributed by atoms with E-state index in [4.69, 9.17) is 10.1 Å². The number of hydrogen-bond acceptors (Lipinski definition) is 4. The van der Waals surface area contributed by atoms with Gasteiger partial charge in [0.1, 0.15) is 0 Å². The van der Waals surface area contributed by atoms with Gasteiger partial charge in [0, 0.05) is 28.2 Å². The van der Waals surface area contributed by atoms with E-state index in [2.05, 4.69) is 15.6 Å². The first-order chi connectivity index (χ1) is 9.28. The maximum Gasteiger partial charge on any atom is 0.213 e. The molecule has 0 atom stereocenters. The quantitative estimate of drug-likeness (QED) is 0.594. The second kappa shape index (κ2) is 6.07. The zero-order valence-corrected chi connectivity index (χ0v) is 12.5. The van der Waals surface area contributed by atoms with Gasteiger partial charge in [0.15, 0.2) is 0 Å². The Kier molecular flexibility index (Phi) is 4.42. The van der Waals surface area contributed by atoms with E-state index in [1.165, 1.54) is 12.0 Å². The monoisotopic (exact) mass is 307 g/mol. The summed E-state index contributed by atoms with van der Waals surface area (Å²) in [6.07, 6.45) is 3.84. The van der Waals surface area contributed by atoms with Crippen LogP contribution in [0.1, 0.15) is 10.4 Å². The summed E-state index contributed by atoms with van der Waals surface area (Å²) >= 11 is 1.64. The highest BCUT2D eigenvalue weighted by atomic mass is 35.5. The highest BCUT2D eigenvalue weighted by Gasteiger charge is 2.07. The molecular formula is C14H14ClN3OS. The molecule has 0 spiro atoms. The molecule has 0 aromatic carbocycles. The average Bonchev–Trinajstić information content (AvgIpc) is 3.06. The summed E-state index contributed by atoms with van der Waals surface area (Å²) < 4.78 is 7.09. The number of aromatic nitrogens is 2. The van der Waals surface area contributed by atoms with Crippen LogP contribution >= 0.6 is 23.7 Å². The summed E-state index contributed by atoms with van der Waals surface area (Å²) in [5, 5.41) is 9.59. The summed E-state index contributed by atoms with van der Waals surface area (Å²) in [6.45, 7) is 0.789. The standard InChI is InChI=1S/C14H13N3OS.ClH/c1-18-14(15)10-7-11(19-9-10)8-17-6-4-12-13(17)3-2-5-16-12;/h2-7,9,15H,8H2,1H3;1H. The van der Waals surface area contributed by atoms with Crippen LogP contribution in [0.4, 0.5) is 0 Å². The van der Waals surface area contributed by atoms with E-state index in [1.54, 1.807) is 17.5 Å². The van der Waals surface area contributed by atoms with Crippen LogP contribution in [0.15, 0.2) is 42.0 Å². The third-order valence-corrected chi connectivity index (χ3v) is 3.91. The molecule has 0 saturated carbocycles. The molecule has 0 amide bonds. The SMILES string of the molecule is COC(=N)c1csc(Cn2ccc3ncccc32)c1.Cl. The summed E-state index contributed by atoms with van der Waals surface area (Å²) in [6, 6.07) is 8.02. The molecule has 4 nitrogen and oxygen atoms in total. The summed E-state index contributed by atoms with van der Waals surface area (Å²) in [5.74, 6) is 0.210. The van der Waals surface area contributed by atoms with Crippen LogP contribution in [0, 0.1) is 5.41 Å². The summed E-state index contributed by atoms with van der Waals surface area (Å²) in [7, 11) is 1.52. The first-order valence-corrected chi connectivity index (χ1v) is 6.76. The van der Waals surface area contributed by atoms with Crippen molar-refractivity contribution >= 4 is 40.7 Å². The lowest BCUT2D eigenvalue weighted by molar-refractivity contribution is 0.401. The highest BCUT2D eigenvalue weighted by Crippen LogP contribution is 2.20. The van der Waals surface area contributed by atoms with Crippen molar-refractivity contribution in [3.63, 3.8) is 0 Å². The van der Waals surface area contributed by atoms with Crippen LogP contribution < -0.4 is 0 Å². The Labute approximate surface area is 126 Å². The fourth-order valence-electron chi connectivity index (χ4n) is 2.03. The first-order valence-electron chi connectivity index (χ1n) is 5.88. The van der Waals surface area contributed by atoms with Crippen LogP contribution in [-0.2, 0) is 11.3 Å². The summed E-state index contributed by atoms with van der Waals surface area (Å²) in [4.78, 5) is 5.51. The van der Waals surface area contributed by atoms with Gasteiger partial charge < -0.3 is 9.30 Å². The topological polar surface area (TPSA) is 50.9 Å². The van der Waals surface area contributed by atoms with Gasteiger partial charge >= 0.3 is 0 Å². The molecule has 3 heterocycles. The Morgan fingerprint density at radius 2 is 2.30 bits per heavy atom. The molecule has 0 aliphatic heterocycles. The van der Waals surface area contributed by atoms with Crippen molar-refractivity contribution in [2.45, 2.75) is 6.54 Å². The molecule has 0 saturated heterocycles. The van der Waals surface area contributed by atoms with E-state index in [0.29, 0.717) is 0 Å². The van der Waals surface area contributed by atoms with Crippen molar-refractivity contribution < 1.29 is 4.74 Å². The average molecular weight is 308 g/mol. The van der Waals surface area contributed by atoms with E-state index in [0.717, 1.165) is 23.1 Å². The maximum atomic E-state index is 7.64. The second-order valence-corrected chi connectivity index (χ2v) is 5.18. The van der Waals surface area contributed by atoms with E-state index in [9.17, 15) is 0 Å². The van der Waals surface area contributed by atoms with Crippen LogP contribution in [0.5, 0.6) is 0 Å². The number of nitrogens with zero attached hydrogens (tertiary/aromatic N) is 2. The van der Waals surface area contributed by atoms with Gasteiger partial charge in [-0.1, -0.05) is 0 Å². The van der Waals surface area contributed by atoms with Gasteiger partial charge in [-0.15, -0.1) is 23.7 Å². The third-order valence-electron chi connectivity index (χ3n) is 2.98. The molecule has 6 heteroatoms. The van der Waals surface area contributed by atoms with Crippen molar-refractivity contribution in [3.05, 3.63) is 52.5 Å². The zero-order chi connectivity index (χ0) is 13.2. The van der Waals surface area contributed by atoms with Crippen molar-refractivity contribution in [2.24, 2.45) is 0 Å². The lowest BCUT2D eigenvalue weighted by atomic mass is 10.3. The maximum absolute atomic E-state index is 7.64. The highest BCUT2D eigenvalue weighted by molar-refractivity contribution is 7.10. The van der Waals surface area contributed by atoms with E-state index in [-0.39, 0.29) is 18.3 Å². The molecule has 0 radical (unpaired) electrons. The fraction of sp³-hybridized carbons (Fsp3) is 0.143. The second-order valence-electron chi connectivity index (χ2n) is 4.19. The van der Waals surface area contributed by atoms with E-state index in [1.807, 2.05) is 29.8 Å². The number of halogens is 1. The fourth-order valence-corrected chi connectivity index (χ4v) is 2.89. The van der Waals surface area contributed by atoms with Crippen molar-refractivity contribution in [3.8, 4) is 0 Å². The number of methoxy groups -OCH3 is 1. The molecule has 0 aliphatic rings.